The average molecular weight is 497 g/mol. The van der Waals surface area contributed by atoms with Crippen molar-refractivity contribution >= 4 is 33.0 Å². The summed E-state index contributed by atoms with van der Waals surface area (Å²) in [5.41, 5.74) is 2.17. The molecule has 2 heterocycles. The Morgan fingerprint density at radius 1 is 1.12 bits per heavy atom. The van der Waals surface area contributed by atoms with Crippen LogP contribution in [0.4, 0.5) is 18.9 Å². The van der Waals surface area contributed by atoms with Gasteiger partial charge in [0.25, 0.3) is 15.9 Å². The zero-order valence-corrected chi connectivity index (χ0v) is 19.0. The molecule has 11 heteroatoms. The van der Waals surface area contributed by atoms with Crippen LogP contribution in [0.5, 0.6) is 5.75 Å². The van der Waals surface area contributed by atoms with E-state index in [0.717, 1.165) is 36.2 Å². The second-order valence-corrected chi connectivity index (χ2v) is 10.1. The lowest BCUT2D eigenvalue weighted by Crippen LogP contribution is -2.35. The van der Waals surface area contributed by atoms with Crippen molar-refractivity contribution in [3.63, 3.8) is 0 Å². The molecule has 0 saturated heterocycles. The molecule has 0 fully saturated rings. The fraction of sp³-hybridized carbons (Fsp3) is 0.227. The summed E-state index contributed by atoms with van der Waals surface area (Å²) in [6, 6.07) is 10.6. The number of nitrogens with zero attached hydrogens (tertiary/aromatic N) is 1. The first-order valence-electron chi connectivity index (χ1n) is 9.86. The minimum absolute atomic E-state index is 0.195. The quantitative estimate of drug-likeness (QED) is 0.542. The van der Waals surface area contributed by atoms with Gasteiger partial charge in [0, 0.05) is 23.5 Å². The Labute approximate surface area is 192 Å². The van der Waals surface area contributed by atoms with Crippen molar-refractivity contribution < 1.29 is 31.1 Å². The maximum atomic E-state index is 13.1. The zero-order valence-electron chi connectivity index (χ0n) is 17.3. The molecule has 0 unspecified atom stereocenters. The first kappa shape index (κ1) is 23.1. The topological polar surface area (TPSA) is 75.7 Å². The Morgan fingerprint density at radius 3 is 2.55 bits per heavy atom. The number of thiophene rings is 1. The molecule has 0 atom stereocenters. The Morgan fingerprint density at radius 2 is 1.85 bits per heavy atom. The van der Waals surface area contributed by atoms with E-state index in [4.69, 9.17) is 0 Å². The summed E-state index contributed by atoms with van der Waals surface area (Å²) in [6.45, 7) is 2.72. The number of fused-ring (bicyclic) bond motifs is 1. The number of sulfonamides is 1. The summed E-state index contributed by atoms with van der Waals surface area (Å²) in [6.07, 6.45) is -4.10. The third-order valence-corrected chi connectivity index (χ3v) is 7.68. The Bertz CT molecular complexity index is 1290. The predicted molar refractivity (Wildman–Crippen MR) is 118 cm³/mol. The van der Waals surface area contributed by atoms with E-state index >= 15 is 0 Å². The maximum Gasteiger partial charge on any atom is 0.573 e. The minimum Gasteiger partial charge on any atom is -0.406 e. The molecule has 0 spiro atoms. The van der Waals surface area contributed by atoms with E-state index in [1.165, 1.54) is 10.9 Å². The normalized spacial score (nSPS) is 14.0. The van der Waals surface area contributed by atoms with E-state index < -0.39 is 22.1 Å². The summed E-state index contributed by atoms with van der Waals surface area (Å²) in [5, 5.41) is 2.00. The molecule has 1 amide bonds. The molecule has 1 aliphatic heterocycles. The molecule has 3 aromatic rings. The van der Waals surface area contributed by atoms with Gasteiger partial charge in [-0.05, 0) is 72.3 Å². The number of ether oxygens (including phenoxy) is 1. The first-order valence-corrected chi connectivity index (χ1v) is 12.2. The van der Waals surface area contributed by atoms with E-state index in [2.05, 4.69) is 9.46 Å². The van der Waals surface area contributed by atoms with Crippen molar-refractivity contribution in [2.45, 2.75) is 31.1 Å². The van der Waals surface area contributed by atoms with Crippen LogP contribution < -0.4 is 9.46 Å². The van der Waals surface area contributed by atoms with Gasteiger partial charge in [-0.25, -0.2) is 8.42 Å². The minimum atomic E-state index is -4.87. The molecule has 1 aliphatic rings. The van der Waals surface area contributed by atoms with Gasteiger partial charge in [-0.1, -0.05) is 6.07 Å². The highest BCUT2D eigenvalue weighted by Crippen LogP contribution is 2.29. The van der Waals surface area contributed by atoms with Gasteiger partial charge in [0.15, 0.2) is 0 Å². The Kier molecular flexibility index (Phi) is 6.10. The second-order valence-electron chi connectivity index (χ2n) is 7.45. The van der Waals surface area contributed by atoms with E-state index in [9.17, 15) is 26.4 Å². The SMILES string of the molecule is Cc1c(NS(=O)(=O)c2ccc(OC(F)(F)F)cc2)cccc1C(=O)N1CCc2sccc2C1. The lowest BCUT2D eigenvalue weighted by atomic mass is 10.0. The molecule has 0 radical (unpaired) electrons. The van der Waals surface area contributed by atoms with Gasteiger partial charge in [0.2, 0.25) is 0 Å². The number of hydrogen-bond acceptors (Lipinski definition) is 5. The lowest BCUT2D eigenvalue weighted by Gasteiger charge is -2.28. The van der Waals surface area contributed by atoms with Crippen molar-refractivity contribution in [3.8, 4) is 5.75 Å². The molecule has 4 rings (SSSR count). The third-order valence-electron chi connectivity index (χ3n) is 5.27. The van der Waals surface area contributed by atoms with E-state index in [-0.39, 0.29) is 16.5 Å². The van der Waals surface area contributed by atoms with Crippen LogP contribution in [0.2, 0.25) is 0 Å². The maximum absolute atomic E-state index is 13.1. The van der Waals surface area contributed by atoms with Crippen molar-refractivity contribution in [1.29, 1.82) is 0 Å². The van der Waals surface area contributed by atoms with E-state index in [0.29, 0.717) is 24.2 Å². The molecule has 6 nitrogen and oxygen atoms in total. The third kappa shape index (κ3) is 5.14. The molecule has 1 aromatic heterocycles. The summed E-state index contributed by atoms with van der Waals surface area (Å²) in [4.78, 5) is 15.9. The fourth-order valence-electron chi connectivity index (χ4n) is 3.59. The number of carbonyl (C=O) groups excluding carboxylic acids is 1. The molecular weight excluding hydrogens is 477 g/mol. The number of alkyl halides is 3. The number of benzene rings is 2. The number of anilines is 1. The van der Waals surface area contributed by atoms with Crippen LogP contribution in [-0.2, 0) is 23.0 Å². The molecule has 0 bridgehead atoms. The largest absolute Gasteiger partial charge is 0.573 e. The molecule has 0 aliphatic carbocycles. The summed E-state index contributed by atoms with van der Waals surface area (Å²) >= 11 is 1.67. The van der Waals surface area contributed by atoms with Gasteiger partial charge in [-0.2, -0.15) is 0 Å². The van der Waals surface area contributed by atoms with Crippen LogP contribution >= 0.6 is 11.3 Å². The smallest absolute Gasteiger partial charge is 0.406 e. The van der Waals surface area contributed by atoms with E-state index in [1.54, 1.807) is 35.3 Å². The fourth-order valence-corrected chi connectivity index (χ4v) is 5.61. The average Bonchev–Trinajstić information content (AvgIpc) is 3.22. The van der Waals surface area contributed by atoms with Gasteiger partial charge >= 0.3 is 6.36 Å². The first-order chi connectivity index (χ1) is 15.5. The summed E-state index contributed by atoms with van der Waals surface area (Å²) < 4.78 is 68.7. The molecule has 1 N–H and O–H groups in total. The molecule has 33 heavy (non-hydrogen) atoms. The van der Waals surface area contributed by atoms with Crippen LogP contribution in [-0.4, -0.2) is 32.1 Å². The highest BCUT2D eigenvalue weighted by Gasteiger charge is 2.31. The van der Waals surface area contributed by atoms with Crippen LogP contribution in [0.25, 0.3) is 0 Å². The molecule has 2 aromatic carbocycles. The van der Waals surface area contributed by atoms with Gasteiger partial charge in [0.1, 0.15) is 5.75 Å². The van der Waals surface area contributed by atoms with Crippen molar-refractivity contribution in [2.75, 3.05) is 11.3 Å². The van der Waals surface area contributed by atoms with Gasteiger partial charge in [0.05, 0.1) is 10.6 Å². The van der Waals surface area contributed by atoms with Gasteiger partial charge in [-0.3, -0.25) is 9.52 Å². The molecular formula is C22H19F3N2O4S2. The number of halogens is 3. The number of amides is 1. The lowest BCUT2D eigenvalue weighted by molar-refractivity contribution is -0.274. The molecule has 174 valence electrons. The molecule has 0 saturated carbocycles. The predicted octanol–water partition coefficient (Wildman–Crippen LogP) is 4.95. The number of nitrogens with one attached hydrogen (secondary N) is 1. The van der Waals surface area contributed by atoms with Crippen LogP contribution in [0.3, 0.4) is 0 Å². The second kappa shape index (κ2) is 8.71. The van der Waals surface area contributed by atoms with Crippen LogP contribution in [0.15, 0.2) is 58.8 Å². The highest BCUT2D eigenvalue weighted by molar-refractivity contribution is 7.92. The van der Waals surface area contributed by atoms with Crippen LogP contribution in [0, 0.1) is 6.92 Å². The van der Waals surface area contributed by atoms with Crippen LogP contribution in [0.1, 0.15) is 26.4 Å². The summed E-state index contributed by atoms with van der Waals surface area (Å²) in [7, 11) is -4.11. The standard InChI is InChI=1S/C22H19F3N2O4S2/c1-14-18(21(28)27-11-9-20-15(13-27)10-12-32-20)3-2-4-19(14)26-33(29,30)17-7-5-16(6-8-17)31-22(23,24)25/h2-8,10,12,26H,9,11,13H2,1H3. The Balaban J connectivity index is 1.53. The monoisotopic (exact) mass is 496 g/mol. The van der Waals surface area contributed by atoms with Crippen molar-refractivity contribution in [1.82, 2.24) is 4.90 Å². The van der Waals surface area contributed by atoms with Crippen molar-refractivity contribution in [2.24, 2.45) is 0 Å². The number of carbonyl (C=O) groups is 1. The van der Waals surface area contributed by atoms with Gasteiger partial charge < -0.3 is 9.64 Å². The Hall–Kier alpha value is -3.05. The number of hydrogen-bond donors (Lipinski definition) is 1. The summed E-state index contributed by atoms with van der Waals surface area (Å²) in [5.74, 6) is -0.723. The number of rotatable bonds is 5. The highest BCUT2D eigenvalue weighted by atomic mass is 32.2. The van der Waals surface area contributed by atoms with Gasteiger partial charge in [-0.15, -0.1) is 24.5 Å². The van der Waals surface area contributed by atoms with E-state index in [1.807, 2.05) is 11.4 Å². The van der Waals surface area contributed by atoms with Crippen molar-refractivity contribution in [3.05, 3.63) is 75.5 Å². The zero-order chi connectivity index (χ0) is 23.8.